The lowest BCUT2D eigenvalue weighted by Crippen LogP contribution is -2.48. The standard InChI is InChI=1S/C21H29N9O3/c1-4-30-16-8-11(21(2,3)32)7-15(12(16)9-24-30)25-19-17(18(23)31)28-29-20(27-19)26-14-5-6-33-10-13(14)22/h7-9,13-14,32H,4-6,10,22H2,1-3H3,(H2,23,31)(H2,25,26,27,29)/t13-,14+/m0/s1. The summed E-state index contributed by atoms with van der Waals surface area (Å²) in [5, 5.41) is 30.2. The topological polar surface area (TPSA) is 179 Å². The van der Waals surface area contributed by atoms with E-state index in [1.165, 1.54) is 0 Å². The van der Waals surface area contributed by atoms with Crippen molar-refractivity contribution >= 4 is 34.3 Å². The largest absolute Gasteiger partial charge is 0.386 e. The maximum Gasteiger partial charge on any atom is 0.273 e. The Labute approximate surface area is 190 Å². The van der Waals surface area contributed by atoms with Crippen molar-refractivity contribution in [1.29, 1.82) is 0 Å². The number of fused-ring (bicyclic) bond motifs is 1. The molecule has 2 atom stereocenters. The molecule has 1 aromatic carbocycles. The Morgan fingerprint density at radius 3 is 2.82 bits per heavy atom. The number of rotatable bonds is 7. The van der Waals surface area contributed by atoms with E-state index in [-0.39, 0.29) is 29.5 Å². The number of anilines is 3. The van der Waals surface area contributed by atoms with Crippen LogP contribution in [0.25, 0.3) is 10.9 Å². The summed E-state index contributed by atoms with van der Waals surface area (Å²) in [7, 11) is 0. The molecule has 4 rings (SSSR count). The van der Waals surface area contributed by atoms with Gasteiger partial charge < -0.3 is 31.9 Å². The van der Waals surface area contributed by atoms with Crippen molar-refractivity contribution in [3.05, 3.63) is 29.6 Å². The lowest BCUT2D eigenvalue weighted by Gasteiger charge is -2.29. The molecule has 0 saturated carbocycles. The smallest absolute Gasteiger partial charge is 0.273 e. The molecule has 12 heteroatoms. The van der Waals surface area contributed by atoms with Crippen LogP contribution in [0, 0.1) is 0 Å². The molecule has 0 unspecified atom stereocenters. The number of carbonyl (C=O) groups excluding carboxylic acids is 1. The molecule has 3 aromatic rings. The predicted molar refractivity (Wildman–Crippen MR) is 123 cm³/mol. The van der Waals surface area contributed by atoms with Crippen LogP contribution in [0.5, 0.6) is 0 Å². The van der Waals surface area contributed by atoms with Crippen LogP contribution >= 0.6 is 0 Å². The molecule has 2 aromatic heterocycles. The van der Waals surface area contributed by atoms with Gasteiger partial charge in [-0.25, -0.2) is 0 Å². The van der Waals surface area contributed by atoms with Gasteiger partial charge in [-0.2, -0.15) is 10.1 Å². The van der Waals surface area contributed by atoms with E-state index in [9.17, 15) is 9.90 Å². The van der Waals surface area contributed by atoms with E-state index in [4.69, 9.17) is 16.2 Å². The predicted octanol–water partition coefficient (Wildman–Crippen LogP) is 0.839. The minimum Gasteiger partial charge on any atom is -0.386 e. The average molecular weight is 456 g/mol. The zero-order chi connectivity index (χ0) is 23.8. The number of nitrogens with one attached hydrogen (secondary N) is 2. The number of benzene rings is 1. The summed E-state index contributed by atoms with van der Waals surface area (Å²) in [6.07, 6.45) is 2.41. The maximum absolute atomic E-state index is 12.0. The third-order valence-electron chi connectivity index (χ3n) is 5.66. The Morgan fingerprint density at radius 1 is 1.36 bits per heavy atom. The summed E-state index contributed by atoms with van der Waals surface area (Å²) < 4.78 is 7.19. The van der Waals surface area contributed by atoms with Gasteiger partial charge >= 0.3 is 0 Å². The van der Waals surface area contributed by atoms with Crippen molar-refractivity contribution in [1.82, 2.24) is 25.0 Å². The monoisotopic (exact) mass is 455 g/mol. The number of nitrogens with zero attached hydrogens (tertiary/aromatic N) is 5. The first-order valence-electron chi connectivity index (χ1n) is 10.8. The second-order valence-electron chi connectivity index (χ2n) is 8.58. The molecular weight excluding hydrogens is 426 g/mol. The van der Waals surface area contributed by atoms with E-state index in [0.717, 1.165) is 10.9 Å². The number of primary amides is 1. The van der Waals surface area contributed by atoms with Crippen molar-refractivity contribution in [3.63, 3.8) is 0 Å². The van der Waals surface area contributed by atoms with Crippen LogP contribution in [0.3, 0.4) is 0 Å². The Hall–Kier alpha value is -3.35. The van der Waals surface area contributed by atoms with Crippen molar-refractivity contribution in [2.45, 2.75) is 51.4 Å². The number of hydrogen-bond donors (Lipinski definition) is 5. The molecule has 1 saturated heterocycles. The molecule has 0 bridgehead atoms. The van der Waals surface area contributed by atoms with Crippen LogP contribution in [0.2, 0.25) is 0 Å². The third-order valence-corrected chi connectivity index (χ3v) is 5.66. The van der Waals surface area contributed by atoms with Gasteiger partial charge in [0.1, 0.15) is 0 Å². The zero-order valence-electron chi connectivity index (χ0n) is 18.9. The van der Waals surface area contributed by atoms with Crippen molar-refractivity contribution < 1.29 is 14.6 Å². The van der Waals surface area contributed by atoms with Crippen molar-refractivity contribution in [2.24, 2.45) is 11.5 Å². The number of aliphatic hydroxyl groups is 1. The Bertz CT molecular complexity index is 1170. The Kier molecular flexibility index (Phi) is 6.15. The Balaban J connectivity index is 1.76. The van der Waals surface area contributed by atoms with Crippen LogP contribution < -0.4 is 22.1 Å². The van der Waals surface area contributed by atoms with Gasteiger partial charge in [-0.15, -0.1) is 10.2 Å². The number of carbonyl (C=O) groups is 1. The first-order chi connectivity index (χ1) is 15.7. The van der Waals surface area contributed by atoms with Gasteiger partial charge in [-0.3, -0.25) is 9.48 Å². The first kappa shape index (κ1) is 22.8. The highest BCUT2D eigenvalue weighted by Gasteiger charge is 2.25. The van der Waals surface area contributed by atoms with Crippen LogP contribution in [0.4, 0.5) is 17.5 Å². The fourth-order valence-corrected chi connectivity index (χ4v) is 3.76. The van der Waals surface area contributed by atoms with E-state index in [2.05, 4.69) is 30.9 Å². The highest BCUT2D eigenvalue weighted by molar-refractivity contribution is 5.99. The second kappa shape index (κ2) is 8.89. The molecule has 12 nitrogen and oxygen atoms in total. The molecule has 1 fully saturated rings. The summed E-state index contributed by atoms with van der Waals surface area (Å²) >= 11 is 0. The SMILES string of the molecule is CCn1ncc2c(Nc3nc(N[C@@H]4CCOC[C@@H]4N)nnc3C(N)=O)cc(C(C)(C)O)cc21. The molecule has 1 aliphatic rings. The molecule has 3 heterocycles. The van der Waals surface area contributed by atoms with Gasteiger partial charge in [0.15, 0.2) is 11.5 Å². The number of amides is 1. The number of aryl methyl sites for hydroxylation is 1. The van der Waals surface area contributed by atoms with Gasteiger partial charge in [0.05, 0.1) is 29.6 Å². The summed E-state index contributed by atoms with van der Waals surface area (Å²) in [6.45, 7) is 7.04. The van der Waals surface area contributed by atoms with Gasteiger partial charge in [0, 0.05) is 30.6 Å². The molecule has 0 radical (unpaired) electrons. The second-order valence-corrected chi connectivity index (χ2v) is 8.58. The normalized spacial score (nSPS) is 18.9. The number of nitrogens with two attached hydrogens (primary N) is 2. The average Bonchev–Trinajstić information content (AvgIpc) is 3.18. The van der Waals surface area contributed by atoms with Crippen LogP contribution in [0.1, 0.15) is 43.2 Å². The molecule has 0 aliphatic carbocycles. The fourth-order valence-electron chi connectivity index (χ4n) is 3.76. The molecular formula is C21H29N9O3. The van der Waals surface area contributed by atoms with E-state index in [1.807, 2.05) is 17.7 Å². The van der Waals surface area contributed by atoms with E-state index in [1.54, 1.807) is 26.1 Å². The van der Waals surface area contributed by atoms with E-state index >= 15 is 0 Å². The first-order valence-corrected chi connectivity index (χ1v) is 10.8. The highest BCUT2D eigenvalue weighted by atomic mass is 16.5. The van der Waals surface area contributed by atoms with E-state index < -0.39 is 11.5 Å². The molecule has 176 valence electrons. The van der Waals surface area contributed by atoms with Crippen molar-refractivity contribution in [3.8, 4) is 0 Å². The summed E-state index contributed by atoms with van der Waals surface area (Å²) in [4.78, 5) is 16.5. The summed E-state index contributed by atoms with van der Waals surface area (Å²) in [5.74, 6) is -0.422. The number of hydrogen-bond acceptors (Lipinski definition) is 10. The van der Waals surface area contributed by atoms with Gasteiger partial charge in [-0.05, 0) is 44.9 Å². The van der Waals surface area contributed by atoms with Crippen LogP contribution in [-0.4, -0.2) is 61.3 Å². The quantitative estimate of drug-likeness (QED) is 0.343. The van der Waals surface area contributed by atoms with Gasteiger partial charge in [0.2, 0.25) is 5.95 Å². The molecule has 0 spiro atoms. The van der Waals surface area contributed by atoms with Gasteiger partial charge in [0.25, 0.3) is 5.91 Å². The summed E-state index contributed by atoms with van der Waals surface area (Å²) in [5.41, 5.74) is 12.5. The Morgan fingerprint density at radius 2 is 2.15 bits per heavy atom. The van der Waals surface area contributed by atoms with Crippen LogP contribution in [-0.2, 0) is 16.9 Å². The molecule has 1 aliphatic heterocycles. The molecule has 1 amide bonds. The number of aromatic nitrogens is 5. The fraction of sp³-hybridized carbons (Fsp3) is 0.476. The third kappa shape index (κ3) is 4.72. The van der Waals surface area contributed by atoms with E-state index in [0.29, 0.717) is 37.4 Å². The lowest BCUT2D eigenvalue weighted by molar-refractivity contribution is 0.0750. The minimum atomic E-state index is -1.10. The highest BCUT2D eigenvalue weighted by Crippen LogP contribution is 2.33. The minimum absolute atomic E-state index is 0.0964. The number of ether oxygens (including phenoxy) is 1. The van der Waals surface area contributed by atoms with Crippen molar-refractivity contribution in [2.75, 3.05) is 23.8 Å². The van der Waals surface area contributed by atoms with Gasteiger partial charge in [-0.1, -0.05) is 0 Å². The summed E-state index contributed by atoms with van der Waals surface area (Å²) in [6, 6.07) is 3.36. The molecule has 7 N–H and O–H groups in total. The maximum atomic E-state index is 12.0. The lowest BCUT2D eigenvalue weighted by atomic mass is 9.96. The molecule has 33 heavy (non-hydrogen) atoms. The van der Waals surface area contributed by atoms with Crippen LogP contribution in [0.15, 0.2) is 18.3 Å². The zero-order valence-corrected chi connectivity index (χ0v) is 18.9.